The Bertz CT molecular complexity index is 906. The van der Waals surface area contributed by atoms with Gasteiger partial charge in [-0.25, -0.2) is 0 Å². The monoisotopic (exact) mass is 380 g/mol. The van der Waals surface area contributed by atoms with Gasteiger partial charge in [-0.05, 0) is 47.5 Å². The molecule has 1 amide bonds. The number of carbonyl (C=O) groups is 1. The van der Waals surface area contributed by atoms with Crippen LogP contribution in [0.5, 0.6) is 0 Å². The van der Waals surface area contributed by atoms with Crippen LogP contribution in [0.4, 0.5) is 0 Å². The highest BCUT2D eigenvalue weighted by Crippen LogP contribution is 2.22. The summed E-state index contributed by atoms with van der Waals surface area (Å²) in [4.78, 5) is 26.9. The lowest BCUT2D eigenvalue weighted by Gasteiger charge is -2.24. The molecule has 140 valence electrons. The van der Waals surface area contributed by atoms with E-state index in [1.54, 1.807) is 18.3 Å². The highest BCUT2D eigenvalue weighted by Gasteiger charge is 2.25. The van der Waals surface area contributed by atoms with Crippen molar-refractivity contribution in [3.05, 3.63) is 58.5 Å². The topological polar surface area (TPSA) is 49.3 Å². The van der Waals surface area contributed by atoms with Gasteiger partial charge >= 0.3 is 0 Å². The minimum atomic E-state index is 0.163. The summed E-state index contributed by atoms with van der Waals surface area (Å²) < 4.78 is 0. The second-order valence-corrected chi connectivity index (χ2v) is 8.22. The van der Waals surface area contributed by atoms with Crippen LogP contribution in [-0.4, -0.2) is 51.9 Å². The molecule has 4 heterocycles. The van der Waals surface area contributed by atoms with E-state index in [0.29, 0.717) is 5.92 Å². The van der Waals surface area contributed by atoms with Gasteiger partial charge in [0.1, 0.15) is 0 Å². The fraction of sp³-hybridized carbons (Fsp3) is 0.381. The van der Waals surface area contributed by atoms with E-state index in [1.165, 1.54) is 10.4 Å². The van der Waals surface area contributed by atoms with E-state index in [0.717, 1.165) is 50.2 Å². The Hall–Kier alpha value is -2.31. The highest BCUT2D eigenvalue weighted by atomic mass is 32.1. The van der Waals surface area contributed by atoms with Crippen molar-refractivity contribution in [3.8, 4) is 0 Å². The van der Waals surface area contributed by atoms with E-state index in [1.807, 2.05) is 29.4 Å². The summed E-state index contributed by atoms with van der Waals surface area (Å²) in [5.41, 5.74) is 3.12. The SMILES string of the molecule is CC(=O)N1CCN(Cc2cccs2)CC(Cc2ccnc3cccnc23)C1. The van der Waals surface area contributed by atoms with Crippen molar-refractivity contribution in [1.29, 1.82) is 0 Å². The first kappa shape index (κ1) is 18.1. The van der Waals surface area contributed by atoms with Gasteiger partial charge in [-0.3, -0.25) is 19.7 Å². The third-order valence-electron chi connectivity index (χ3n) is 5.17. The summed E-state index contributed by atoms with van der Waals surface area (Å²) >= 11 is 1.80. The molecule has 3 aromatic rings. The number of nitrogens with zero attached hydrogens (tertiary/aromatic N) is 4. The first-order chi connectivity index (χ1) is 13.2. The number of fused-ring (bicyclic) bond motifs is 1. The van der Waals surface area contributed by atoms with Gasteiger partial charge in [0.2, 0.25) is 5.91 Å². The normalized spacial score (nSPS) is 18.6. The Morgan fingerprint density at radius 1 is 1.15 bits per heavy atom. The van der Waals surface area contributed by atoms with Crippen LogP contribution in [0.1, 0.15) is 17.4 Å². The zero-order valence-corrected chi connectivity index (χ0v) is 16.4. The summed E-state index contributed by atoms with van der Waals surface area (Å²) in [6.45, 7) is 6.13. The number of amides is 1. The number of hydrogen-bond donors (Lipinski definition) is 0. The average molecular weight is 381 g/mol. The van der Waals surface area contributed by atoms with Crippen LogP contribution in [0, 0.1) is 5.92 Å². The number of hydrogen-bond acceptors (Lipinski definition) is 5. The molecule has 0 bridgehead atoms. The van der Waals surface area contributed by atoms with Crippen molar-refractivity contribution in [2.45, 2.75) is 19.9 Å². The van der Waals surface area contributed by atoms with Crippen molar-refractivity contribution in [2.75, 3.05) is 26.2 Å². The molecule has 1 atom stereocenters. The van der Waals surface area contributed by atoms with Crippen LogP contribution in [0.2, 0.25) is 0 Å². The lowest BCUT2D eigenvalue weighted by Crippen LogP contribution is -2.34. The smallest absolute Gasteiger partial charge is 0.219 e. The predicted octanol–water partition coefficient (Wildman–Crippen LogP) is 3.21. The summed E-state index contributed by atoms with van der Waals surface area (Å²) in [5, 5.41) is 2.13. The Labute approximate surface area is 163 Å². The van der Waals surface area contributed by atoms with E-state index in [-0.39, 0.29) is 5.91 Å². The van der Waals surface area contributed by atoms with Crippen LogP contribution in [0.25, 0.3) is 11.0 Å². The second-order valence-electron chi connectivity index (χ2n) is 7.19. The standard InChI is InChI=1S/C21H24N4OS/c1-16(26)25-10-9-24(15-19-4-3-11-27-19)13-17(14-25)12-18-6-8-22-20-5-2-7-23-21(18)20/h2-8,11,17H,9-10,12-15H2,1H3. The molecule has 0 spiro atoms. The largest absolute Gasteiger partial charge is 0.341 e. The van der Waals surface area contributed by atoms with Crippen molar-refractivity contribution in [1.82, 2.24) is 19.8 Å². The number of pyridine rings is 2. The molecule has 1 aliphatic rings. The molecule has 0 saturated carbocycles. The minimum Gasteiger partial charge on any atom is -0.341 e. The number of thiophene rings is 1. The van der Waals surface area contributed by atoms with E-state index < -0.39 is 0 Å². The van der Waals surface area contributed by atoms with E-state index in [2.05, 4.69) is 38.4 Å². The van der Waals surface area contributed by atoms with Crippen LogP contribution in [-0.2, 0) is 17.8 Å². The van der Waals surface area contributed by atoms with Crippen molar-refractivity contribution in [2.24, 2.45) is 5.92 Å². The molecule has 1 aliphatic heterocycles. The zero-order valence-electron chi connectivity index (χ0n) is 15.5. The van der Waals surface area contributed by atoms with Crippen LogP contribution >= 0.6 is 11.3 Å². The maximum Gasteiger partial charge on any atom is 0.219 e. The second kappa shape index (κ2) is 8.15. The van der Waals surface area contributed by atoms with Crippen molar-refractivity contribution in [3.63, 3.8) is 0 Å². The Morgan fingerprint density at radius 2 is 2.07 bits per heavy atom. The fourth-order valence-electron chi connectivity index (χ4n) is 3.87. The molecular weight excluding hydrogens is 356 g/mol. The van der Waals surface area contributed by atoms with Crippen LogP contribution in [0.15, 0.2) is 48.1 Å². The van der Waals surface area contributed by atoms with Gasteiger partial charge in [-0.1, -0.05) is 6.07 Å². The van der Waals surface area contributed by atoms with Crippen molar-refractivity contribution >= 4 is 28.3 Å². The van der Waals surface area contributed by atoms with Gasteiger partial charge in [-0.15, -0.1) is 11.3 Å². The number of aromatic nitrogens is 2. The molecule has 1 fully saturated rings. The van der Waals surface area contributed by atoms with Crippen molar-refractivity contribution < 1.29 is 4.79 Å². The lowest BCUT2D eigenvalue weighted by molar-refractivity contribution is -0.129. The van der Waals surface area contributed by atoms with Gasteiger partial charge < -0.3 is 4.90 Å². The van der Waals surface area contributed by atoms with E-state index in [9.17, 15) is 4.79 Å². The molecule has 4 rings (SSSR count). The van der Waals surface area contributed by atoms with E-state index in [4.69, 9.17) is 0 Å². The molecule has 0 radical (unpaired) electrons. The number of rotatable bonds is 4. The average Bonchev–Trinajstić information content (AvgIpc) is 3.09. The van der Waals surface area contributed by atoms with Gasteiger partial charge in [0.05, 0.1) is 11.0 Å². The Kier molecular flexibility index (Phi) is 5.45. The molecule has 6 heteroatoms. The molecule has 5 nitrogen and oxygen atoms in total. The third-order valence-corrected chi connectivity index (χ3v) is 6.04. The highest BCUT2D eigenvalue weighted by molar-refractivity contribution is 7.09. The molecule has 3 aromatic heterocycles. The molecule has 1 saturated heterocycles. The van der Waals surface area contributed by atoms with Crippen LogP contribution < -0.4 is 0 Å². The summed E-state index contributed by atoms with van der Waals surface area (Å²) in [5.74, 6) is 0.541. The maximum atomic E-state index is 12.1. The Morgan fingerprint density at radius 3 is 2.89 bits per heavy atom. The quantitative estimate of drug-likeness (QED) is 0.697. The fourth-order valence-corrected chi connectivity index (χ4v) is 4.62. The minimum absolute atomic E-state index is 0.163. The molecule has 1 unspecified atom stereocenters. The van der Waals surface area contributed by atoms with Gasteiger partial charge in [-0.2, -0.15) is 0 Å². The van der Waals surface area contributed by atoms with Gasteiger partial charge in [0.25, 0.3) is 0 Å². The molecule has 0 N–H and O–H groups in total. The Balaban J connectivity index is 1.56. The molecular formula is C21H24N4OS. The summed E-state index contributed by atoms with van der Waals surface area (Å²) in [6.07, 6.45) is 4.59. The van der Waals surface area contributed by atoms with Gasteiger partial charge in [0, 0.05) is 56.9 Å². The summed E-state index contributed by atoms with van der Waals surface area (Å²) in [6, 6.07) is 10.3. The first-order valence-corrected chi connectivity index (χ1v) is 10.3. The first-order valence-electron chi connectivity index (χ1n) is 9.38. The zero-order chi connectivity index (χ0) is 18.6. The number of carbonyl (C=O) groups excluding carboxylic acids is 1. The predicted molar refractivity (Wildman–Crippen MR) is 109 cm³/mol. The molecule has 27 heavy (non-hydrogen) atoms. The van der Waals surface area contributed by atoms with E-state index >= 15 is 0 Å². The van der Waals surface area contributed by atoms with Crippen LogP contribution in [0.3, 0.4) is 0 Å². The maximum absolute atomic E-state index is 12.1. The third kappa shape index (κ3) is 4.34. The molecule has 0 aromatic carbocycles. The molecule has 0 aliphatic carbocycles. The van der Waals surface area contributed by atoms with Gasteiger partial charge in [0.15, 0.2) is 0 Å². The summed E-state index contributed by atoms with van der Waals surface area (Å²) in [7, 11) is 0. The lowest BCUT2D eigenvalue weighted by atomic mass is 9.97.